The summed E-state index contributed by atoms with van der Waals surface area (Å²) in [4.78, 5) is 0. The molecule has 0 fully saturated rings. The van der Waals surface area contributed by atoms with Crippen LogP contribution in [0.4, 0.5) is 0 Å². The minimum Gasteiger partial charge on any atom is -0.488 e. The van der Waals surface area contributed by atoms with Crippen LogP contribution in [0.3, 0.4) is 0 Å². The SMILES string of the molecule is C=C(C)c1cc(C(O)OC)c(OCc2ccccc2)cc1OCc1ccccc1. The molecule has 1 unspecified atom stereocenters. The molecule has 0 saturated carbocycles. The Morgan fingerprint density at radius 2 is 1.38 bits per heavy atom. The number of rotatable bonds is 9. The predicted octanol–water partition coefficient (Wildman–Crippen LogP) is 5.52. The lowest BCUT2D eigenvalue weighted by atomic mass is 10.0. The zero-order valence-electron chi connectivity index (χ0n) is 16.8. The standard InChI is InChI=1S/C25H26O4/c1-18(2)21-14-22(25(26)27-3)24(29-17-20-12-8-5-9-13-20)15-23(21)28-16-19-10-6-4-7-11-19/h4-15,25-26H,1,16-17H2,2-3H3. The first-order chi connectivity index (χ1) is 14.1. The van der Waals surface area contributed by atoms with E-state index >= 15 is 0 Å². The second kappa shape index (κ2) is 9.92. The fraction of sp³-hybridized carbons (Fsp3) is 0.200. The molecule has 3 aromatic rings. The van der Waals surface area contributed by atoms with Crippen molar-refractivity contribution in [3.05, 3.63) is 102 Å². The zero-order valence-corrected chi connectivity index (χ0v) is 16.8. The van der Waals surface area contributed by atoms with Crippen LogP contribution in [0, 0.1) is 0 Å². The number of hydrogen-bond acceptors (Lipinski definition) is 4. The summed E-state index contributed by atoms with van der Waals surface area (Å²) in [5, 5.41) is 10.3. The molecule has 0 heterocycles. The van der Waals surface area contributed by atoms with Crippen molar-refractivity contribution in [1.82, 2.24) is 0 Å². The smallest absolute Gasteiger partial charge is 0.184 e. The van der Waals surface area contributed by atoms with Gasteiger partial charge in [0, 0.05) is 18.7 Å². The first kappa shape index (κ1) is 20.6. The van der Waals surface area contributed by atoms with Gasteiger partial charge in [-0.15, -0.1) is 0 Å². The Bertz CT molecular complexity index is 936. The minimum absolute atomic E-state index is 0.370. The van der Waals surface area contributed by atoms with E-state index in [9.17, 15) is 5.11 Å². The van der Waals surface area contributed by atoms with Crippen molar-refractivity contribution in [3.63, 3.8) is 0 Å². The normalized spacial score (nSPS) is 11.7. The van der Waals surface area contributed by atoms with Crippen LogP contribution in [-0.4, -0.2) is 12.2 Å². The largest absolute Gasteiger partial charge is 0.488 e. The van der Waals surface area contributed by atoms with Crippen LogP contribution in [-0.2, 0) is 18.0 Å². The number of hydrogen-bond donors (Lipinski definition) is 1. The van der Waals surface area contributed by atoms with Crippen LogP contribution in [0.2, 0.25) is 0 Å². The minimum atomic E-state index is -1.11. The first-order valence-corrected chi connectivity index (χ1v) is 9.46. The zero-order chi connectivity index (χ0) is 20.6. The molecule has 0 aliphatic rings. The van der Waals surface area contributed by atoms with E-state index in [-0.39, 0.29) is 0 Å². The van der Waals surface area contributed by atoms with E-state index < -0.39 is 6.29 Å². The third kappa shape index (κ3) is 5.47. The molecule has 0 saturated heterocycles. The summed E-state index contributed by atoms with van der Waals surface area (Å²) in [7, 11) is 1.45. The Labute approximate surface area is 172 Å². The maximum Gasteiger partial charge on any atom is 0.184 e. The molecule has 4 nitrogen and oxygen atoms in total. The Balaban J connectivity index is 1.91. The van der Waals surface area contributed by atoms with Gasteiger partial charge in [-0.2, -0.15) is 0 Å². The second-order valence-electron chi connectivity index (χ2n) is 6.80. The summed E-state index contributed by atoms with van der Waals surface area (Å²) >= 11 is 0. The van der Waals surface area contributed by atoms with Gasteiger partial charge in [0.1, 0.15) is 24.7 Å². The summed E-state index contributed by atoms with van der Waals surface area (Å²) in [5.41, 5.74) is 4.26. The Hall–Kier alpha value is -3.08. The Kier molecular flexibility index (Phi) is 7.06. The van der Waals surface area contributed by atoms with Crippen LogP contribution >= 0.6 is 0 Å². The third-order valence-corrected chi connectivity index (χ3v) is 4.54. The van der Waals surface area contributed by atoms with E-state index in [0.717, 1.165) is 22.3 Å². The van der Waals surface area contributed by atoms with Crippen LogP contribution in [0.25, 0.3) is 5.57 Å². The molecule has 1 atom stereocenters. The average molecular weight is 390 g/mol. The lowest BCUT2D eigenvalue weighted by molar-refractivity contribution is -0.0784. The van der Waals surface area contributed by atoms with E-state index in [1.54, 1.807) is 6.07 Å². The lowest BCUT2D eigenvalue weighted by Crippen LogP contribution is -2.07. The van der Waals surface area contributed by atoms with E-state index in [2.05, 4.69) is 6.58 Å². The molecule has 1 N–H and O–H groups in total. The van der Waals surface area contributed by atoms with Crippen molar-refractivity contribution >= 4 is 5.57 Å². The molecule has 0 bridgehead atoms. The van der Waals surface area contributed by atoms with Gasteiger partial charge in [-0.25, -0.2) is 0 Å². The molecular weight excluding hydrogens is 364 g/mol. The van der Waals surface area contributed by atoms with Crippen molar-refractivity contribution in [2.45, 2.75) is 26.4 Å². The van der Waals surface area contributed by atoms with Gasteiger partial charge >= 0.3 is 0 Å². The van der Waals surface area contributed by atoms with Gasteiger partial charge in [0.25, 0.3) is 0 Å². The monoisotopic (exact) mass is 390 g/mol. The second-order valence-corrected chi connectivity index (χ2v) is 6.80. The van der Waals surface area contributed by atoms with Gasteiger partial charge in [-0.3, -0.25) is 0 Å². The number of aliphatic hydroxyl groups is 1. The highest BCUT2D eigenvalue weighted by Gasteiger charge is 2.19. The van der Waals surface area contributed by atoms with Gasteiger partial charge in [0.15, 0.2) is 6.29 Å². The molecule has 0 radical (unpaired) electrons. The van der Waals surface area contributed by atoms with Gasteiger partial charge in [-0.05, 0) is 29.7 Å². The van der Waals surface area contributed by atoms with Crippen LogP contribution in [0.1, 0.15) is 35.5 Å². The first-order valence-electron chi connectivity index (χ1n) is 9.46. The molecule has 3 rings (SSSR count). The molecular formula is C25H26O4. The van der Waals surface area contributed by atoms with Gasteiger partial charge in [-0.1, -0.05) is 67.2 Å². The fourth-order valence-electron chi connectivity index (χ4n) is 2.95. The molecule has 0 aliphatic carbocycles. The predicted molar refractivity (Wildman–Crippen MR) is 115 cm³/mol. The average Bonchev–Trinajstić information content (AvgIpc) is 2.76. The highest BCUT2D eigenvalue weighted by molar-refractivity contribution is 5.69. The molecule has 3 aromatic carbocycles. The van der Waals surface area contributed by atoms with E-state index in [1.165, 1.54) is 7.11 Å². The van der Waals surface area contributed by atoms with Gasteiger partial charge < -0.3 is 19.3 Å². The molecule has 0 amide bonds. The molecule has 150 valence electrons. The fourth-order valence-corrected chi connectivity index (χ4v) is 2.95. The summed E-state index contributed by atoms with van der Waals surface area (Å²) in [6, 6.07) is 23.4. The van der Waals surface area contributed by atoms with Crippen molar-refractivity contribution in [3.8, 4) is 11.5 Å². The Morgan fingerprint density at radius 3 is 1.86 bits per heavy atom. The quantitative estimate of drug-likeness (QED) is 0.489. The summed E-state index contributed by atoms with van der Waals surface area (Å²) in [5.74, 6) is 1.16. The molecule has 0 aromatic heterocycles. The number of allylic oxidation sites excluding steroid dienone is 1. The number of methoxy groups -OCH3 is 1. The van der Waals surface area contributed by atoms with Crippen LogP contribution in [0.5, 0.6) is 11.5 Å². The van der Waals surface area contributed by atoms with Gasteiger partial charge in [0.05, 0.1) is 5.56 Å². The summed E-state index contributed by atoms with van der Waals surface area (Å²) in [6.07, 6.45) is -1.11. The lowest BCUT2D eigenvalue weighted by Gasteiger charge is -2.20. The summed E-state index contributed by atoms with van der Waals surface area (Å²) in [6.45, 7) is 6.74. The van der Waals surface area contributed by atoms with Crippen LogP contribution < -0.4 is 9.47 Å². The third-order valence-electron chi connectivity index (χ3n) is 4.54. The highest BCUT2D eigenvalue weighted by atomic mass is 16.6. The topological polar surface area (TPSA) is 47.9 Å². The van der Waals surface area contributed by atoms with E-state index in [0.29, 0.717) is 30.3 Å². The van der Waals surface area contributed by atoms with Crippen LogP contribution in [0.15, 0.2) is 79.4 Å². The van der Waals surface area contributed by atoms with Crippen molar-refractivity contribution < 1.29 is 19.3 Å². The van der Waals surface area contributed by atoms with E-state index in [1.807, 2.05) is 73.7 Å². The molecule has 0 aliphatic heterocycles. The highest BCUT2D eigenvalue weighted by Crippen LogP contribution is 2.37. The van der Waals surface area contributed by atoms with E-state index in [4.69, 9.17) is 14.2 Å². The number of ether oxygens (including phenoxy) is 3. The summed E-state index contributed by atoms with van der Waals surface area (Å²) < 4.78 is 17.2. The molecule has 29 heavy (non-hydrogen) atoms. The van der Waals surface area contributed by atoms with Gasteiger partial charge in [0.2, 0.25) is 0 Å². The molecule has 4 heteroatoms. The van der Waals surface area contributed by atoms with Crippen molar-refractivity contribution in [2.24, 2.45) is 0 Å². The van der Waals surface area contributed by atoms with Crippen molar-refractivity contribution in [2.75, 3.05) is 7.11 Å². The number of benzene rings is 3. The molecule has 0 spiro atoms. The maximum atomic E-state index is 10.3. The Morgan fingerprint density at radius 1 is 0.862 bits per heavy atom. The van der Waals surface area contributed by atoms with Crippen molar-refractivity contribution in [1.29, 1.82) is 0 Å². The maximum absolute atomic E-state index is 10.3. The number of aliphatic hydroxyl groups excluding tert-OH is 1.